The number of halogens is 1. The van der Waals surface area contributed by atoms with Crippen LogP contribution in [0.15, 0.2) is 47.3 Å². The van der Waals surface area contributed by atoms with Crippen molar-refractivity contribution in [2.45, 2.75) is 38.3 Å². The normalized spacial score (nSPS) is 19.0. The number of ether oxygens (including phenoxy) is 1. The maximum absolute atomic E-state index is 5.91. The van der Waals surface area contributed by atoms with Crippen LogP contribution < -0.4 is 25.6 Å². The molecule has 238 valence electrons. The lowest BCUT2D eigenvalue weighted by Crippen LogP contribution is -2.57. The maximum atomic E-state index is 5.91. The van der Waals surface area contributed by atoms with Crippen LogP contribution in [-0.4, -0.2) is 103 Å². The molecule has 10 nitrogen and oxygen atoms in total. The van der Waals surface area contributed by atoms with Gasteiger partial charge in [0, 0.05) is 86.6 Å². The van der Waals surface area contributed by atoms with E-state index >= 15 is 0 Å². The van der Waals surface area contributed by atoms with Gasteiger partial charge in [-0.2, -0.15) is 4.98 Å². The largest absolute Gasteiger partial charge is 0.494 e. The number of nitrogens with zero attached hydrogens (tertiary/aromatic N) is 7. The fourth-order valence-electron chi connectivity index (χ4n) is 6.39. The van der Waals surface area contributed by atoms with Crippen LogP contribution in [0.2, 0.25) is 0 Å². The molecule has 0 bridgehead atoms. The number of aromatic nitrogens is 4. The first-order valence-electron chi connectivity index (χ1n) is 15.6. The quantitative estimate of drug-likeness (QED) is 0.198. The van der Waals surface area contributed by atoms with Crippen LogP contribution in [0.1, 0.15) is 25.3 Å². The van der Waals surface area contributed by atoms with Crippen LogP contribution in [0.4, 0.5) is 28.8 Å². The summed E-state index contributed by atoms with van der Waals surface area (Å²) >= 11 is 3.65. The van der Waals surface area contributed by atoms with Crippen LogP contribution >= 0.6 is 23.9 Å². The summed E-state index contributed by atoms with van der Waals surface area (Å²) in [6, 6.07) is 9.61. The Bertz CT molecular complexity index is 1660. The Morgan fingerprint density at radius 3 is 2.49 bits per heavy atom. The van der Waals surface area contributed by atoms with Gasteiger partial charge in [0.25, 0.3) is 0 Å². The second-order valence-electron chi connectivity index (χ2n) is 12.2. The maximum Gasteiger partial charge on any atom is 0.229 e. The van der Waals surface area contributed by atoms with Crippen LogP contribution in [-0.2, 0) is 6.42 Å². The summed E-state index contributed by atoms with van der Waals surface area (Å²) in [5, 5.41) is 8.14. The molecule has 1 aliphatic carbocycles. The van der Waals surface area contributed by atoms with Crippen molar-refractivity contribution in [3.05, 3.63) is 52.9 Å². The predicted octanol–water partition coefficient (Wildman–Crippen LogP) is 5.82. The highest BCUT2D eigenvalue weighted by atomic mass is 79.9. The Kier molecular flexibility index (Phi) is 9.71. The molecule has 0 spiro atoms. The predicted molar refractivity (Wildman–Crippen MR) is 191 cm³/mol. The summed E-state index contributed by atoms with van der Waals surface area (Å²) < 4.78 is 6.67. The topological polar surface area (TPSA) is 94.6 Å². The van der Waals surface area contributed by atoms with Gasteiger partial charge in [-0.3, -0.25) is 14.9 Å². The SMILES string of the molecule is CCc1cc(Nc2ncc(Br)c(Nc3ccc4nccnc4c3P(C)C)n2)c(OC)cc1N(C)[C@H]1C[C@H](N2CCN(C)CC2)C1. The van der Waals surface area contributed by atoms with Crippen molar-refractivity contribution in [2.24, 2.45) is 0 Å². The first kappa shape index (κ1) is 31.9. The summed E-state index contributed by atoms with van der Waals surface area (Å²) in [5.41, 5.74) is 6.10. The number of hydrogen-bond acceptors (Lipinski definition) is 10. The van der Waals surface area contributed by atoms with Gasteiger partial charge in [-0.25, -0.2) is 4.98 Å². The van der Waals surface area contributed by atoms with Crippen molar-refractivity contribution < 1.29 is 4.74 Å². The number of likely N-dealkylation sites (N-methyl/N-ethyl adjacent to an activating group) is 1. The molecule has 2 aromatic carbocycles. The van der Waals surface area contributed by atoms with Crippen LogP contribution in [0.25, 0.3) is 11.0 Å². The van der Waals surface area contributed by atoms with Crippen LogP contribution in [0, 0.1) is 0 Å². The fraction of sp³-hybridized carbons (Fsp3) is 0.455. The molecule has 12 heteroatoms. The third-order valence-electron chi connectivity index (χ3n) is 9.16. The second-order valence-corrected chi connectivity index (χ2v) is 15.3. The number of anilines is 5. The molecule has 0 unspecified atom stereocenters. The highest BCUT2D eigenvalue weighted by Gasteiger charge is 2.37. The molecule has 3 heterocycles. The molecule has 0 atom stereocenters. The van der Waals surface area contributed by atoms with Gasteiger partial charge in [-0.15, -0.1) is 0 Å². The molecule has 6 rings (SSSR count). The standard InChI is InChI=1S/C33H43BrN9OP/c1-7-21-16-27(29(44-4)19-28(21)42(3)22-17-23(18-22)43-14-12-41(2)13-15-43)39-33-37-20-24(34)32(40-33)38-26-9-8-25-30(31(26)45(5)6)36-11-10-35-25/h8-11,16,19-20,22-23H,7,12-15,17-18H2,1-6H3,(H2,37,38,39,40)/t22-,23-. The van der Waals surface area contributed by atoms with E-state index in [-0.39, 0.29) is 0 Å². The number of methoxy groups -OCH3 is 1. The molecule has 2 aromatic heterocycles. The summed E-state index contributed by atoms with van der Waals surface area (Å²) in [4.78, 5) is 26.1. The molecule has 2 N–H and O–H groups in total. The zero-order valence-electron chi connectivity index (χ0n) is 27.0. The molecule has 45 heavy (non-hydrogen) atoms. The fourth-order valence-corrected chi connectivity index (χ4v) is 7.89. The van der Waals surface area contributed by atoms with E-state index in [9.17, 15) is 0 Å². The third-order valence-corrected chi connectivity index (χ3v) is 11.1. The number of nitrogens with one attached hydrogen (secondary N) is 2. The van der Waals surface area contributed by atoms with Crippen molar-refractivity contribution in [3.8, 4) is 5.75 Å². The van der Waals surface area contributed by atoms with E-state index in [0.717, 1.165) is 44.4 Å². The second kappa shape index (κ2) is 13.7. The molecule has 1 saturated carbocycles. The van der Waals surface area contributed by atoms with Gasteiger partial charge in [0.2, 0.25) is 5.95 Å². The van der Waals surface area contributed by atoms with Crippen LogP contribution in [0.5, 0.6) is 5.75 Å². The van der Waals surface area contributed by atoms with E-state index in [4.69, 9.17) is 9.72 Å². The molecule has 0 radical (unpaired) electrons. The first-order chi connectivity index (χ1) is 21.7. The van der Waals surface area contributed by atoms with Crippen molar-refractivity contribution in [1.82, 2.24) is 29.7 Å². The minimum atomic E-state index is -0.464. The number of aryl methyl sites for hydroxylation is 1. The van der Waals surface area contributed by atoms with Crippen molar-refractivity contribution in [1.29, 1.82) is 0 Å². The minimum absolute atomic E-state index is 0.464. The molecule has 0 amide bonds. The van der Waals surface area contributed by atoms with Crippen LogP contribution in [0.3, 0.4) is 0 Å². The molecule has 1 aliphatic heterocycles. The molecular formula is C33H43BrN9OP. The lowest BCUT2D eigenvalue weighted by molar-refractivity contribution is 0.0608. The Morgan fingerprint density at radius 2 is 1.78 bits per heavy atom. The van der Waals surface area contributed by atoms with Crippen molar-refractivity contribution >= 4 is 69.0 Å². The van der Waals surface area contributed by atoms with Gasteiger partial charge in [0.05, 0.1) is 28.3 Å². The third kappa shape index (κ3) is 6.73. The number of fused-ring (bicyclic) bond motifs is 1. The van der Waals surface area contributed by atoms with Gasteiger partial charge in [-0.1, -0.05) is 14.8 Å². The average molecular weight is 693 g/mol. The summed E-state index contributed by atoms with van der Waals surface area (Å²) in [6.45, 7) is 11.3. The van der Waals surface area contributed by atoms with E-state index in [1.54, 1.807) is 25.7 Å². The smallest absolute Gasteiger partial charge is 0.229 e. The zero-order chi connectivity index (χ0) is 31.7. The summed E-state index contributed by atoms with van der Waals surface area (Å²) in [7, 11) is 5.70. The number of rotatable bonds is 10. The van der Waals surface area contributed by atoms with E-state index < -0.39 is 7.92 Å². The Hall–Kier alpha value is -3.11. The molecule has 2 fully saturated rings. The van der Waals surface area contributed by atoms with E-state index in [2.05, 4.69) is 109 Å². The highest BCUT2D eigenvalue weighted by Crippen LogP contribution is 2.40. The minimum Gasteiger partial charge on any atom is -0.494 e. The lowest BCUT2D eigenvalue weighted by Gasteiger charge is -2.49. The van der Waals surface area contributed by atoms with Gasteiger partial charge in [0.1, 0.15) is 11.6 Å². The number of hydrogen-bond donors (Lipinski definition) is 2. The zero-order valence-corrected chi connectivity index (χ0v) is 29.5. The lowest BCUT2D eigenvalue weighted by atomic mass is 9.83. The average Bonchev–Trinajstić information content (AvgIpc) is 3.02. The van der Waals surface area contributed by atoms with E-state index in [1.165, 1.54) is 50.3 Å². The number of piperazine rings is 1. The molecule has 2 aliphatic rings. The summed E-state index contributed by atoms with van der Waals surface area (Å²) in [5.74, 6) is 1.91. The Labute approximate surface area is 275 Å². The van der Waals surface area contributed by atoms with Gasteiger partial charge in [-0.05, 0) is 79.3 Å². The highest BCUT2D eigenvalue weighted by molar-refractivity contribution is 9.10. The molecule has 1 saturated heterocycles. The molecular weight excluding hydrogens is 649 g/mol. The van der Waals surface area contributed by atoms with E-state index in [1.807, 2.05) is 6.07 Å². The molecule has 4 aromatic rings. The van der Waals surface area contributed by atoms with Gasteiger partial charge >= 0.3 is 0 Å². The Balaban J connectivity index is 1.21. The van der Waals surface area contributed by atoms with E-state index in [0.29, 0.717) is 23.8 Å². The number of benzene rings is 2. The van der Waals surface area contributed by atoms with Gasteiger partial charge < -0.3 is 25.2 Å². The van der Waals surface area contributed by atoms with Crippen molar-refractivity contribution in [2.75, 3.05) is 76.2 Å². The first-order valence-corrected chi connectivity index (χ1v) is 18.6. The Morgan fingerprint density at radius 1 is 1.02 bits per heavy atom. The monoisotopic (exact) mass is 691 g/mol. The summed E-state index contributed by atoms with van der Waals surface area (Å²) in [6.07, 6.45) is 8.56. The van der Waals surface area contributed by atoms with Gasteiger partial charge in [0.15, 0.2) is 0 Å². The van der Waals surface area contributed by atoms with Crippen molar-refractivity contribution in [3.63, 3.8) is 0 Å².